The molecule has 0 bridgehead atoms. The topological polar surface area (TPSA) is 38.0 Å². The maximum Gasteiger partial charge on any atom is 0.0663 e. The van der Waals surface area contributed by atoms with E-state index < -0.39 is 0 Å². The van der Waals surface area contributed by atoms with Crippen LogP contribution in [0.5, 0.6) is 0 Å². The normalized spacial score (nSPS) is 19.6. The Labute approximate surface area is 83.1 Å². The lowest BCUT2D eigenvalue weighted by Crippen LogP contribution is -2.62. The van der Waals surface area contributed by atoms with Crippen LogP contribution in [-0.2, 0) is 5.54 Å². The van der Waals surface area contributed by atoms with Crippen LogP contribution in [0.25, 0.3) is 0 Å². The van der Waals surface area contributed by atoms with E-state index in [1.807, 2.05) is 19.1 Å². The largest absolute Gasteiger partial charge is 0.319 e. The van der Waals surface area contributed by atoms with Gasteiger partial charge in [0.25, 0.3) is 0 Å². The predicted octanol–water partition coefficient (Wildman–Crippen LogP) is 1.41. The lowest BCUT2D eigenvalue weighted by atomic mass is 9.85. The monoisotopic (exact) mass is 196 g/mol. The second-order valence-electron chi connectivity index (χ2n) is 3.78. The fourth-order valence-corrected chi connectivity index (χ4v) is 1.91. The van der Waals surface area contributed by atoms with E-state index in [1.165, 1.54) is 5.56 Å². The molecule has 2 rings (SSSR count). The Morgan fingerprint density at radius 3 is 2.54 bits per heavy atom. The quantitative estimate of drug-likeness (QED) is 0.713. The van der Waals surface area contributed by atoms with Gasteiger partial charge in [0.05, 0.1) is 5.54 Å². The number of nitrogens with one attached hydrogen (secondary N) is 1. The summed E-state index contributed by atoms with van der Waals surface area (Å²) in [6.07, 6.45) is 0. The van der Waals surface area contributed by atoms with Gasteiger partial charge in [0.2, 0.25) is 0 Å². The fourth-order valence-electron chi connectivity index (χ4n) is 1.62. The summed E-state index contributed by atoms with van der Waals surface area (Å²) in [4.78, 5) is 0. The summed E-state index contributed by atoms with van der Waals surface area (Å²) in [5.41, 5.74) is 8.24. The summed E-state index contributed by atoms with van der Waals surface area (Å²) >= 11 is 5.96. The van der Waals surface area contributed by atoms with Crippen molar-refractivity contribution in [1.29, 1.82) is 0 Å². The van der Waals surface area contributed by atoms with Gasteiger partial charge in [-0.15, -0.1) is 0 Å². The van der Waals surface area contributed by atoms with Crippen LogP contribution in [0.15, 0.2) is 18.2 Å². The fraction of sp³-hybridized carbons (Fsp3) is 0.400. The van der Waals surface area contributed by atoms with Gasteiger partial charge in [-0.05, 0) is 30.2 Å². The molecule has 2 nitrogen and oxygen atoms in total. The first kappa shape index (κ1) is 9.00. The zero-order valence-corrected chi connectivity index (χ0v) is 8.36. The number of rotatable bonds is 1. The zero-order chi connectivity index (χ0) is 9.47. The molecule has 1 fully saturated rings. The molecule has 13 heavy (non-hydrogen) atoms. The molecule has 1 heterocycles. The summed E-state index contributed by atoms with van der Waals surface area (Å²) in [5.74, 6) is 0. The summed E-state index contributed by atoms with van der Waals surface area (Å²) in [7, 11) is 0. The van der Waals surface area contributed by atoms with Crippen LogP contribution in [0.1, 0.15) is 11.1 Å². The van der Waals surface area contributed by atoms with Crippen molar-refractivity contribution in [3.63, 3.8) is 0 Å². The molecule has 3 heteroatoms. The van der Waals surface area contributed by atoms with Crippen molar-refractivity contribution in [2.24, 2.45) is 5.73 Å². The predicted molar refractivity (Wildman–Crippen MR) is 54.9 cm³/mol. The van der Waals surface area contributed by atoms with Gasteiger partial charge in [-0.1, -0.05) is 17.7 Å². The smallest absolute Gasteiger partial charge is 0.0663 e. The van der Waals surface area contributed by atoms with Crippen molar-refractivity contribution < 1.29 is 0 Å². The number of hydrogen-bond acceptors (Lipinski definition) is 2. The average Bonchev–Trinajstić information content (AvgIpc) is 1.98. The number of aryl methyl sites for hydroxylation is 1. The highest BCUT2D eigenvalue weighted by Crippen LogP contribution is 2.26. The van der Waals surface area contributed by atoms with E-state index in [4.69, 9.17) is 17.3 Å². The van der Waals surface area contributed by atoms with E-state index in [2.05, 4.69) is 11.4 Å². The van der Waals surface area contributed by atoms with E-state index in [1.54, 1.807) is 0 Å². The molecule has 0 amide bonds. The van der Waals surface area contributed by atoms with Gasteiger partial charge < -0.3 is 11.1 Å². The Bertz CT molecular complexity index is 311. The molecule has 1 saturated heterocycles. The maximum absolute atomic E-state index is 6.14. The Kier molecular flexibility index (Phi) is 2.06. The molecule has 0 atom stereocenters. The number of halogens is 1. The van der Waals surface area contributed by atoms with Crippen molar-refractivity contribution in [3.05, 3.63) is 34.3 Å². The molecule has 0 unspecified atom stereocenters. The average molecular weight is 197 g/mol. The second-order valence-corrected chi connectivity index (χ2v) is 4.21. The van der Waals surface area contributed by atoms with Crippen LogP contribution in [0.3, 0.4) is 0 Å². The highest BCUT2D eigenvalue weighted by molar-refractivity contribution is 6.30. The number of benzene rings is 1. The van der Waals surface area contributed by atoms with Crippen molar-refractivity contribution in [2.45, 2.75) is 12.5 Å². The standard InChI is InChI=1S/C10H13ClN2/c1-7-2-8(4-9(11)3-7)10(12)5-13-6-10/h2-4,13H,5-6,12H2,1H3. The first-order valence-corrected chi connectivity index (χ1v) is 4.75. The van der Waals surface area contributed by atoms with Crippen molar-refractivity contribution in [3.8, 4) is 0 Å². The molecule has 0 aromatic heterocycles. The van der Waals surface area contributed by atoms with Gasteiger partial charge in [0.1, 0.15) is 0 Å². The lowest BCUT2D eigenvalue weighted by molar-refractivity contribution is 0.287. The summed E-state index contributed by atoms with van der Waals surface area (Å²) in [5, 5.41) is 3.94. The zero-order valence-electron chi connectivity index (χ0n) is 7.60. The van der Waals surface area contributed by atoms with Crippen LogP contribution in [0, 0.1) is 6.92 Å². The third kappa shape index (κ3) is 1.57. The van der Waals surface area contributed by atoms with E-state index in [0.717, 1.165) is 23.7 Å². The summed E-state index contributed by atoms with van der Waals surface area (Å²) in [6, 6.07) is 6.00. The minimum absolute atomic E-state index is 0.199. The molecule has 0 saturated carbocycles. The SMILES string of the molecule is Cc1cc(Cl)cc(C2(N)CNC2)c1. The van der Waals surface area contributed by atoms with Crippen LogP contribution < -0.4 is 11.1 Å². The van der Waals surface area contributed by atoms with Gasteiger partial charge in [-0.25, -0.2) is 0 Å². The van der Waals surface area contributed by atoms with E-state index in [-0.39, 0.29) is 5.54 Å². The maximum atomic E-state index is 6.14. The van der Waals surface area contributed by atoms with E-state index in [0.29, 0.717) is 0 Å². The van der Waals surface area contributed by atoms with Gasteiger partial charge in [-0.2, -0.15) is 0 Å². The lowest BCUT2D eigenvalue weighted by Gasteiger charge is -2.39. The molecule has 1 aromatic carbocycles. The van der Waals surface area contributed by atoms with Gasteiger partial charge in [0, 0.05) is 18.1 Å². The first-order chi connectivity index (χ1) is 6.10. The Morgan fingerprint density at radius 1 is 1.38 bits per heavy atom. The van der Waals surface area contributed by atoms with Crippen molar-refractivity contribution >= 4 is 11.6 Å². The molecular formula is C10H13ClN2. The highest BCUT2D eigenvalue weighted by atomic mass is 35.5. The first-order valence-electron chi connectivity index (χ1n) is 4.37. The van der Waals surface area contributed by atoms with E-state index >= 15 is 0 Å². The minimum Gasteiger partial charge on any atom is -0.319 e. The van der Waals surface area contributed by atoms with Crippen molar-refractivity contribution in [2.75, 3.05) is 13.1 Å². The van der Waals surface area contributed by atoms with Gasteiger partial charge >= 0.3 is 0 Å². The third-order valence-corrected chi connectivity index (χ3v) is 2.72. The molecule has 3 N–H and O–H groups in total. The second kappa shape index (κ2) is 2.98. The Hall–Kier alpha value is -0.570. The Balaban J connectivity index is 2.39. The highest BCUT2D eigenvalue weighted by Gasteiger charge is 2.34. The molecule has 1 aliphatic rings. The van der Waals surface area contributed by atoms with Crippen LogP contribution in [0.4, 0.5) is 0 Å². The third-order valence-electron chi connectivity index (χ3n) is 2.50. The van der Waals surface area contributed by atoms with Crippen LogP contribution in [0.2, 0.25) is 5.02 Å². The molecule has 0 aliphatic carbocycles. The summed E-state index contributed by atoms with van der Waals surface area (Å²) in [6.45, 7) is 3.71. The molecule has 0 spiro atoms. The Morgan fingerprint density at radius 2 is 2.08 bits per heavy atom. The van der Waals surface area contributed by atoms with Gasteiger partial charge in [0.15, 0.2) is 0 Å². The summed E-state index contributed by atoms with van der Waals surface area (Å²) < 4.78 is 0. The van der Waals surface area contributed by atoms with Crippen LogP contribution >= 0.6 is 11.6 Å². The van der Waals surface area contributed by atoms with Crippen molar-refractivity contribution in [1.82, 2.24) is 5.32 Å². The number of hydrogen-bond donors (Lipinski definition) is 2. The molecule has 0 radical (unpaired) electrons. The molecule has 1 aliphatic heterocycles. The van der Waals surface area contributed by atoms with Gasteiger partial charge in [-0.3, -0.25) is 0 Å². The minimum atomic E-state index is -0.199. The number of nitrogens with two attached hydrogens (primary N) is 1. The van der Waals surface area contributed by atoms with Crippen LogP contribution in [-0.4, -0.2) is 13.1 Å². The van der Waals surface area contributed by atoms with E-state index in [9.17, 15) is 0 Å². The molecule has 70 valence electrons. The molecular weight excluding hydrogens is 184 g/mol. The molecule has 1 aromatic rings.